The average molecular weight is 310 g/mol. The summed E-state index contributed by atoms with van der Waals surface area (Å²) in [6.07, 6.45) is 0.0928. The summed E-state index contributed by atoms with van der Waals surface area (Å²) in [6, 6.07) is 7.07. The molecule has 5 heteroatoms. The maximum absolute atomic E-state index is 11.4. The molecule has 0 radical (unpaired) electrons. The highest BCUT2D eigenvalue weighted by Crippen LogP contribution is 2.28. The molecule has 0 amide bonds. The van der Waals surface area contributed by atoms with E-state index in [1.54, 1.807) is 18.2 Å². The minimum Gasteiger partial charge on any atom is -0.481 e. The van der Waals surface area contributed by atoms with E-state index in [2.05, 4.69) is 15.9 Å². The highest BCUT2D eigenvalue weighted by Gasteiger charge is 2.17. The minimum absolute atomic E-state index is 0.0818. The van der Waals surface area contributed by atoms with Gasteiger partial charge in [-0.2, -0.15) is 5.26 Å². The number of carbonyl (C=O) groups is 2. The number of nitrogens with zero attached hydrogens (tertiary/aromatic N) is 1. The van der Waals surface area contributed by atoms with Gasteiger partial charge in [-0.3, -0.25) is 9.59 Å². The summed E-state index contributed by atoms with van der Waals surface area (Å²) in [6.45, 7) is 1.44. The number of hydrogen-bond donors (Lipinski definition) is 1. The molecule has 0 saturated carbocycles. The second kappa shape index (κ2) is 6.31. The van der Waals surface area contributed by atoms with Crippen molar-refractivity contribution in [3.05, 3.63) is 34.9 Å². The van der Waals surface area contributed by atoms with Gasteiger partial charge < -0.3 is 5.11 Å². The van der Waals surface area contributed by atoms with Crippen LogP contribution in [0.25, 0.3) is 0 Å². The maximum Gasteiger partial charge on any atom is 0.307 e. The summed E-state index contributed by atoms with van der Waals surface area (Å²) in [5.41, 5.74) is 2.02. The first kappa shape index (κ1) is 14.4. The van der Waals surface area contributed by atoms with Crippen LogP contribution >= 0.6 is 15.9 Å². The van der Waals surface area contributed by atoms with E-state index in [1.807, 2.05) is 6.07 Å². The van der Waals surface area contributed by atoms with Crippen LogP contribution in [-0.2, 0) is 22.4 Å². The van der Waals surface area contributed by atoms with Crippen molar-refractivity contribution in [1.82, 2.24) is 0 Å². The molecule has 0 spiro atoms. The molecule has 0 heterocycles. The van der Waals surface area contributed by atoms with E-state index < -0.39 is 10.8 Å². The first-order valence-electron chi connectivity index (χ1n) is 5.30. The molecule has 0 saturated heterocycles. The molecule has 0 aliphatic rings. The van der Waals surface area contributed by atoms with E-state index in [0.717, 1.165) is 5.56 Å². The fraction of sp³-hybridized carbons (Fsp3) is 0.308. The van der Waals surface area contributed by atoms with E-state index in [4.69, 9.17) is 10.4 Å². The van der Waals surface area contributed by atoms with Gasteiger partial charge in [0.15, 0.2) is 0 Å². The van der Waals surface area contributed by atoms with Crippen molar-refractivity contribution in [2.24, 2.45) is 0 Å². The van der Waals surface area contributed by atoms with Crippen molar-refractivity contribution in [2.75, 3.05) is 0 Å². The normalized spacial score (nSPS) is 11.6. The summed E-state index contributed by atoms with van der Waals surface area (Å²) < 4.78 is 0. The summed E-state index contributed by atoms with van der Waals surface area (Å²) in [5, 5.41) is 17.5. The average Bonchev–Trinajstić information content (AvgIpc) is 2.29. The van der Waals surface area contributed by atoms with Crippen LogP contribution in [0, 0.1) is 11.3 Å². The molecule has 1 unspecified atom stereocenters. The van der Waals surface area contributed by atoms with Crippen LogP contribution in [0.15, 0.2) is 18.2 Å². The Morgan fingerprint density at radius 3 is 2.67 bits per heavy atom. The van der Waals surface area contributed by atoms with Crippen molar-refractivity contribution in [3.63, 3.8) is 0 Å². The zero-order valence-electron chi connectivity index (χ0n) is 9.81. The predicted octanol–water partition coefficient (Wildman–Crippen LogP) is 2.40. The monoisotopic (exact) mass is 309 g/mol. The Labute approximate surface area is 113 Å². The Morgan fingerprint density at radius 1 is 1.50 bits per heavy atom. The molecule has 0 fully saturated rings. The minimum atomic E-state index is -0.928. The van der Waals surface area contributed by atoms with Crippen LogP contribution in [0.3, 0.4) is 0 Å². The fourth-order valence-corrected chi connectivity index (χ4v) is 2.06. The molecule has 18 heavy (non-hydrogen) atoms. The van der Waals surface area contributed by atoms with Crippen LogP contribution in [0.1, 0.15) is 28.4 Å². The first-order valence-corrected chi connectivity index (χ1v) is 6.22. The van der Waals surface area contributed by atoms with Gasteiger partial charge in [-0.1, -0.05) is 34.1 Å². The quantitative estimate of drug-likeness (QED) is 0.847. The van der Waals surface area contributed by atoms with Gasteiger partial charge in [-0.15, -0.1) is 0 Å². The number of Topliss-reactive ketones (excluding diaryl/α,β-unsaturated/α-hetero) is 1. The van der Waals surface area contributed by atoms with E-state index >= 15 is 0 Å². The van der Waals surface area contributed by atoms with Crippen LogP contribution in [0.5, 0.6) is 0 Å². The van der Waals surface area contributed by atoms with Crippen molar-refractivity contribution >= 4 is 27.7 Å². The molecule has 0 bridgehead atoms. The zero-order valence-corrected chi connectivity index (χ0v) is 11.4. The van der Waals surface area contributed by atoms with Crippen LogP contribution in [0.2, 0.25) is 0 Å². The molecule has 1 rings (SSSR count). The summed E-state index contributed by atoms with van der Waals surface area (Å²) >= 11 is 3.27. The lowest BCUT2D eigenvalue weighted by Gasteiger charge is -2.12. The summed E-state index contributed by atoms with van der Waals surface area (Å²) in [4.78, 5) is 21.5. The van der Waals surface area contributed by atoms with E-state index in [9.17, 15) is 9.59 Å². The van der Waals surface area contributed by atoms with E-state index in [-0.39, 0.29) is 18.6 Å². The van der Waals surface area contributed by atoms with Crippen molar-refractivity contribution < 1.29 is 14.7 Å². The predicted molar refractivity (Wildman–Crippen MR) is 69.4 cm³/mol. The number of aliphatic carboxylic acids is 1. The van der Waals surface area contributed by atoms with Crippen molar-refractivity contribution in [1.29, 1.82) is 5.26 Å². The van der Waals surface area contributed by atoms with E-state index in [1.165, 1.54) is 6.92 Å². The Morgan fingerprint density at radius 2 is 2.17 bits per heavy atom. The second-order valence-electron chi connectivity index (χ2n) is 3.91. The third kappa shape index (κ3) is 3.67. The Balaban J connectivity index is 3.19. The molecule has 1 aromatic carbocycles. The van der Waals surface area contributed by atoms with Crippen LogP contribution in [0.4, 0.5) is 0 Å². The molecule has 0 aliphatic heterocycles. The molecule has 4 nitrogen and oxygen atoms in total. The number of ketones is 1. The Hall–Kier alpha value is -1.67. The standard InChI is InChI=1S/C13H12BrNO3/c1-8(16)13(14)11-6-9(7-12(17)18)2-3-10(11)4-5-15/h2-3,6,13H,4,7H2,1H3,(H,17,18). The van der Waals surface area contributed by atoms with Crippen molar-refractivity contribution in [2.45, 2.75) is 24.6 Å². The zero-order chi connectivity index (χ0) is 13.7. The topological polar surface area (TPSA) is 78.2 Å². The highest BCUT2D eigenvalue weighted by molar-refractivity contribution is 9.09. The third-order valence-corrected chi connectivity index (χ3v) is 3.60. The Bertz CT molecular complexity index is 519. The number of carboxylic acids is 1. The van der Waals surface area contributed by atoms with Gasteiger partial charge in [0, 0.05) is 0 Å². The van der Waals surface area contributed by atoms with Gasteiger partial charge in [0.25, 0.3) is 0 Å². The van der Waals surface area contributed by atoms with Gasteiger partial charge in [0.1, 0.15) is 5.78 Å². The smallest absolute Gasteiger partial charge is 0.307 e. The highest BCUT2D eigenvalue weighted by atomic mass is 79.9. The lowest BCUT2D eigenvalue weighted by molar-refractivity contribution is -0.136. The molecular formula is C13H12BrNO3. The molecule has 0 aromatic heterocycles. The number of nitriles is 1. The van der Waals surface area contributed by atoms with Gasteiger partial charge in [-0.25, -0.2) is 0 Å². The lowest BCUT2D eigenvalue weighted by Crippen LogP contribution is -2.07. The van der Waals surface area contributed by atoms with Crippen LogP contribution in [-0.4, -0.2) is 16.9 Å². The van der Waals surface area contributed by atoms with Gasteiger partial charge in [-0.05, 0) is 23.6 Å². The molecule has 1 aromatic rings. The largest absolute Gasteiger partial charge is 0.481 e. The van der Waals surface area contributed by atoms with Gasteiger partial charge in [0.2, 0.25) is 0 Å². The SMILES string of the molecule is CC(=O)C(Br)c1cc(CC(=O)O)ccc1CC#N. The second-order valence-corrected chi connectivity index (χ2v) is 4.83. The number of halogens is 1. The number of rotatable bonds is 5. The number of carbonyl (C=O) groups excluding carboxylic acids is 1. The van der Waals surface area contributed by atoms with Crippen molar-refractivity contribution in [3.8, 4) is 6.07 Å². The summed E-state index contributed by atoms with van der Waals surface area (Å²) in [7, 11) is 0. The number of carboxylic acid groups (broad SMARTS) is 1. The molecular weight excluding hydrogens is 298 g/mol. The molecule has 1 atom stereocenters. The first-order chi connectivity index (χ1) is 8.45. The number of benzene rings is 1. The van der Waals surface area contributed by atoms with Gasteiger partial charge in [0.05, 0.1) is 23.7 Å². The Kier molecular flexibility index (Phi) is 5.05. The number of hydrogen-bond acceptors (Lipinski definition) is 3. The van der Waals surface area contributed by atoms with Crippen LogP contribution < -0.4 is 0 Å². The molecule has 0 aliphatic carbocycles. The summed E-state index contributed by atoms with van der Waals surface area (Å²) in [5.74, 6) is -1.01. The van der Waals surface area contributed by atoms with E-state index in [0.29, 0.717) is 11.1 Å². The molecule has 1 N–H and O–H groups in total. The third-order valence-electron chi connectivity index (χ3n) is 2.47. The maximum atomic E-state index is 11.4. The fourth-order valence-electron chi connectivity index (χ4n) is 1.63. The number of alkyl halides is 1. The van der Waals surface area contributed by atoms with Gasteiger partial charge >= 0.3 is 5.97 Å². The molecule has 94 valence electrons. The lowest BCUT2D eigenvalue weighted by atomic mass is 9.97.